The summed E-state index contributed by atoms with van der Waals surface area (Å²) in [6.07, 6.45) is 6.30. The summed E-state index contributed by atoms with van der Waals surface area (Å²) < 4.78 is 0. The summed E-state index contributed by atoms with van der Waals surface area (Å²) in [5, 5.41) is 6.48. The number of piperazine rings is 1. The molecule has 0 aromatic carbocycles. The van der Waals surface area contributed by atoms with Gasteiger partial charge in [0.15, 0.2) is 11.5 Å². The minimum atomic E-state index is 0.00257. The van der Waals surface area contributed by atoms with Crippen LogP contribution >= 0.6 is 0 Å². The Bertz CT molecular complexity index is 787. The van der Waals surface area contributed by atoms with E-state index in [2.05, 4.69) is 35.0 Å². The molecule has 0 saturated carbocycles. The van der Waals surface area contributed by atoms with E-state index in [0.29, 0.717) is 37.4 Å². The van der Waals surface area contributed by atoms with Gasteiger partial charge in [-0.2, -0.15) is 5.10 Å². The highest BCUT2D eigenvalue weighted by Crippen LogP contribution is 2.21. The molecular formula is C13H14N8O. The van der Waals surface area contributed by atoms with Gasteiger partial charge in [-0.3, -0.25) is 9.89 Å². The summed E-state index contributed by atoms with van der Waals surface area (Å²) >= 11 is 0. The lowest BCUT2D eigenvalue weighted by atomic mass is 10.2. The van der Waals surface area contributed by atoms with E-state index in [1.54, 1.807) is 18.7 Å². The molecule has 9 nitrogen and oxygen atoms in total. The van der Waals surface area contributed by atoms with Gasteiger partial charge in [0.1, 0.15) is 11.8 Å². The Labute approximate surface area is 125 Å². The Morgan fingerprint density at radius 3 is 2.77 bits per heavy atom. The third kappa shape index (κ3) is 2.07. The van der Waals surface area contributed by atoms with Gasteiger partial charge in [-0.15, -0.1) is 0 Å². The van der Waals surface area contributed by atoms with Crippen LogP contribution in [0.1, 0.15) is 10.4 Å². The van der Waals surface area contributed by atoms with Crippen molar-refractivity contribution in [2.45, 2.75) is 0 Å². The van der Waals surface area contributed by atoms with Crippen molar-refractivity contribution in [3.05, 3.63) is 30.6 Å². The van der Waals surface area contributed by atoms with Crippen LogP contribution in [0.3, 0.4) is 0 Å². The summed E-state index contributed by atoms with van der Waals surface area (Å²) in [5.41, 5.74) is 2.07. The van der Waals surface area contributed by atoms with Gasteiger partial charge in [-0.25, -0.2) is 15.0 Å². The van der Waals surface area contributed by atoms with E-state index < -0.39 is 0 Å². The third-order valence-electron chi connectivity index (χ3n) is 3.81. The molecule has 0 atom stereocenters. The van der Waals surface area contributed by atoms with Crippen molar-refractivity contribution in [1.82, 2.24) is 35.0 Å². The first kappa shape index (κ1) is 12.7. The van der Waals surface area contributed by atoms with Crippen LogP contribution in [0.15, 0.2) is 25.0 Å². The molecule has 1 aliphatic rings. The minimum Gasteiger partial charge on any atom is -0.351 e. The first-order valence-electron chi connectivity index (χ1n) is 7.00. The Hall–Kier alpha value is -2.97. The maximum atomic E-state index is 12.3. The Balaban J connectivity index is 1.50. The fourth-order valence-corrected chi connectivity index (χ4v) is 2.66. The van der Waals surface area contributed by atoms with Crippen molar-refractivity contribution in [2.75, 3.05) is 31.1 Å². The number of nitrogens with one attached hydrogen (secondary N) is 2. The monoisotopic (exact) mass is 298 g/mol. The number of fused-ring (bicyclic) bond motifs is 1. The van der Waals surface area contributed by atoms with Gasteiger partial charge < -0.3 is 14.8 Å². The van der Waals surface area contributed by atoms with Crippen molar-refractivity contribution >= 4 is 22.9 Å². The Morgan fingerprint density at radius 2 is 2.00 bits per heavy atom. The molecule has 0 radical (unpaired) electrons. The second-order valence-electron chi connectivity index (χ2n) is 5.06. The zero-order valence-corrected chi connectivity index (χ0v) is 11.7. The van der Waals surface area contributed by atoms with Crippen LogP contribution in [0.4, 0.5) is 5.82 Å². The maximum absolute atomic E-state index is 12.3. The van der Waals surface area contributed by atoms with E-state index >= 15 is 0 Å². The van der Waals surface area contributed by atoms with Crippen LogP contribution in [0.25, 0.3) is 11.2 Å². The summed E-state index contributed by atoms with van der Waals surface area (Å²) in [6, 6.07) is 0. The van der Waals surface area contributed by atoms with Crippen molar-refractivity contribution in [3.63, 3.8) is 0 Å². The molecule has 22 heavy (non-hydrogen) atoms. The average molecular weight is 298 g/mol. The van der Waals surface area contributed by atoms with Crippen molar-refractivity contribution in [3.8, 4) is 0 Å². The molecular weight excluding hydrogens is 284 g/mol. The number of anilines is 1. The van der Waals surface area contributed by atoms with Crippen molar-refractivity contribution in [2.24, 2.45) is 0 Å². The summed E-state index contributed by atoms with van der Waals surface area (Å²) in [5.74, 6) is 0.834. The van der Waals surface area contributed by atoms with E-state index in [1.807, 2.05) is 4.90 Å². The number of carbonyl (C=O) groups is 1. The maximum Gasteiger partial charge on any atom is 0.257 e. The van der Waals surface area contributed by atoms with Crippen molar-refractivity contribution < 1.29 is 4.79 Å². The summed E-state index contributed by atoms with van der Waals surface area (Å²) in [4.78, 5) is 31.9. The number of rotatable bonds is 2. The minimum absolute atomic E-state index is 0.00257. The highest BCUT2D eigenvalue weighted by molar-refractivity contribution is 5.94. The van der Waals surface area contributed by atoms with Gasteiger partial charge in [0.2, 0.25) is 0 Å². The third-order valence-corrected chi connectivity index (χ3v) is 3.81. The molecule has 9 heteroatoms. The normalized spacial score (nSPS) is 15.5. The van der Waals surface area contributed by atoms with Crippen LogP contribution in [0.5, 0.6) is 0 Å². The largest absolute Gasteiger partial charge is 0.351 e. The van der Waals surface area contributed by atoms with E-state index in [0.717, 1.165) is 11.3 Å². The number of nitrogens with zero attached hydrogens (tertiary/aromatic N) is 6. The standard InChI is InChI=1S/C13H14N8O/c22-13(9-5-18-19-6-9)21-3-1-20(2-4-21)12-10-11(15-7-14-10)16-8-17-12/h5-8H,1-4H2,(H,18,19)(H,14,15,16,17). The lowest BCUT2D eigenvalue weighted by molar-refractivity contribution is 0.0746. The van der Waals surface area contributed by atoms with E-state index in [1.165, 1.54) is 6.33 Å². The number of H-pyrrole nitrogens is 2. The topological polar surface area (TPSA) is 107 Å². The summed E-state index contributed by atoms with van der Waals surface area (Å²) in [6.45, 7) is 2.72. The number of amides is 1. The molecule has 1 amide bonds. The smallest absolute Gasteiger partial charge is 0.257 e. The predicted octanol–water partition coefficient (Wildman–Crippen LogP) is 0.0384. The molecule has 3 aromatic heterocycles. The number of imidazole rings is 1. The Morgan fingerprint density at radius 1 is 1.14 bits per heavy atom. The van der Waals surface area contributed by atoms with Crippen molar-refractivity contribution in [1.29, 1.82) is 0 Å². The molecule has 1 fully saturated rings. The lowest BCUT2D eigenvalue weighted by Crippen LogP contribution is -2.49. The molecule has 0 unspecified atom stereocenters. The van der Waals surface area contributed by atoms with Gasteiger partial charge in [-0.1, -0.05) is 0 Å². The molecule has 2 N–H and O–H groups in total. The molecule has 3 aromatic rings. The van der Waals surface area contributed by atoms with E-state index in [4.69, 9.17) is 0 Å². The lowest BCUT2D eigenvalue weighted by Gasteiger charge is -2.35. The zero-order chi connectivity index (χ0) is 14.9. The molecule has 1 aliphatic heterocycles. The SMILES string of the molecule is O=C(c1cn[nH]c1)N1CCN(c2ncnc3nc[nH]c23)CC1. The number of hydrogen-bond donors (Lipinski definition) is 2. The second kappa shape index (κ2) is 5.10. The highest BCUT2D eigenvalue weighted by atomic mass is 16.2. The van der Waals surface area contributed by atoms with E-state index in [9.17, 15) is 4.79 Å². The van der Waals surface area contributed by atoms with Crippen LogP contribution in [0, 0.1) is 0 Å². The summed E-state index contributed by atoms with van der Waals surface area (Å²) in [7, 11) is 0. The molecule has 0 bridgehead atoms. The molecule has 1 saturated heterocycles. The number of hydrogen-bond acceptors (Lipinski definition) is 6. The van der Waals surface area contributed by atoms with Gasteiger partial charge >= 0.3 is 0 Å². The van der Waals surface area contributed by atoms with Gasteiger partial charge in [0.05, 0.1) is 18.1 Å². The van der Waals surface area contributed by atoms with Gasteiger partial charge in [0, 0.05) is 32.4 Å². The molecule has 0 aliphatic carbocycles. The van der Waals surface area contributed by atoms with Crippen LogP contribution in [-0.4, -0.2) is 67.1 Å². The van der Waals surface area contributed by atoms with E-state index in [-0.39, 0.29) is 5.91 Å². The molecule has 4 rings (SSSR count). The second-order valence-corrected chi connectivity index (χ2v) is 5.06. The molecule has 112 valence electrons. The fourth-order valence-electron chi connectivity index (χ4n) is 2.66. The number of aromatic amines is 2. The zero-order valence-electron chi connectivity index (χ0n) is 11.7. The first-order valence-corrected chi connectivity index (χ1v) is 7.00. The first-order chi connectivity index (χ1) is 10.8. The van der Waals surface area contributed by atoms with Gasteiger partial charge in [-0.05, 0) is 0 Å². The fraction of sp³-hybridized carbons (Fsp3) is 0.308. The quantitative estimate of drug-likeness (QED) is 0.691. The predicted molar refractivity (Wildman–Crippen MR) is 78.4 cm³/mol. The molecule has 4 heterocycles. The average Bonchev–Trinajstić information content (AvgIpc) is 3.25. The number of carbonyl (C=O) groups excluding carboxylic acids is 1. The van der Waals surface area contributed by atoms with Crippen LogP contribution in [0.2, 0.25) is 0 Å². The van der Waals surface area contributed by atoms with Gasteiger partial charge in [0.25, 0.3) is 5.91 Å². The number of aromatic nitrogens is 6. The Kier molecular flexibility index (Phi) is 2.95. The molecule has 0 spiro atoms. The highest BCUT2D eigenvalue weighted by Gasteiger charge is 2.24. The van der Waals surface area contributed by atoms with Crippen LogP contribution < -0.4 is 4.90 Å². The van der Waals surface area contributed by atoms with Crippen LogP contribution in [-0.2, 0) is 0 Å².